The van der Waals surface area contributed by atoms with E-state index in [1.165, 1.54) is 0 Å². The van der Waals surface area contributed by atoms with Gasteiger partial charge in [-0.3, -0.25) is 24.0 Å². The molecule has 1 amide bonds. The van der Waals surface area contributed by atoms with E-state index in [4.69, 9.17) is 28.4 Å². The molecule has 3 rings (SSSR count). The lowest BCUT2D eigenvalue weighted by molar-refractivity contribution is -0.303. The zero-order valence-corrected chi connectivity index (χ0v) is 19.7. The minimum atomic E-state index is -2.32. The molecule has 2 N–H and O–H groups in total. The molecule has 1 aliphatic carbocycles. The monoisotopic (exact) mass is 501 g/mol. The number of aliphatic hydroxyl groups is 1. The van der Waals surface area contributed by atoms with Gasteiger partial charge in [-0.05, 0) is 0 Å². The third-order valence-electron chi connectivity index (χ3n) is 6.12. The average Bonchev–Trinajstić information content (AvgIpc) is 3.13. The van der Waals surface area contributed by atoms with Crippen LogP contribution in [0.1, 0.15) is 41.0 Å². The predicted molar refractivity (Wildman–Crippen MR) is 108 cm³/mol. The Bertz CT molecular complexity index is 950. The smallest absolute Gasteiger partial charge is 0.350 e. The molecule has 0 aromatic rings. The Kier molecular flexibility index (Phi) is 7.09. The number of carbonyl (C=O) groups is 6. The van der Waals surface area contributed by atoms with Crippen molar-refractivity contribution in [3.8, 4) is 0 Å². The van der Waals surface area contributed by atoms with Gasteiger partial charge in [-0.25, -0.2) is 4.79 Å². The third kappa shape index (κ3) is 4.67. The lowest BCUT2D eigenvalue weighted by Crippen LogP contribution is -2.86. The first-order valence-corrected chi connectivity index (χ1v) is 10.7. The lowest BCUT2D eigenvalue weighted by Gasteiger charge is -2.60. The average molecular weight is 501 g/mol. The van der Waals surface area contributed by atoms with E-state index in [-0.39, 0.29) is 6.42 Å². The molecule has 0 aromatic heterocycles. The fraction of sp³-hybridized carbons (Fsp3) is 0.714. The summed E-state index contributed by atoms with van der Waals surface area (Å²) in [5.41, 5.74) is -4.31. The highest BCUT2D eigenvalue weighted by Crippen LogP contribution is 2.54. The summed E-state index contributed by atoms with van der Waals surface area (Å²) in [6, 6.07) is 0. The number of ether oxygens (including phenoxy) is 6. The van der Waals surface area contributed by atoms with Crippen LogP contribution in [0.5, 0.6) is 0 Å². The van der Waals surface area contributed by atoms with Crippen LogP contribution in [-0.4, -0.2) is 89.3 Å². The first-order valence-electron chi connectivity index (χ1n) is 10.7. The minimum absolute atomic E-state index is 0.220. The number of nitrogens with one attached hydrogen (secondary N) is 1. The second kappa shape index (κ2) is 9.41. The number of esters is 5. The molecule has 2 saturated heterocycles. The normalized spacial score (nSPS) is 37.3. The second-order valence-electron chi connectivity index (χ2n) is 8.70. The Balaban J connectivity index is 2.26. The van der Waals surface area contributed by atoms with Crippen molar-refractivity contribution in [1.29, 1.82) is 0 Å². The molecule has 14 nitrogen and oxygen atoms in total. The van der Waals surface area contributed by atoms with Crippen molar-refractivity contribution in [3.05, 3.63) is 0 Å². The summed E-state index contributed by atoms with van der Waals surface area (Å²) in [7, 11) is 0. The summed E-state index contributed by atoms with van der Waals surface area (Å²) < 4.78 is 32.1. The molecule has 2 heterocycles. The van der Waals surface area contributed by atoms with Crippen LogP contribution in [0.2, 0.25) is 0 Å². The summed E-state index contributed by atoms with van der Waals surface area (Å²) in [6.07, 6.45) is -8.08. The van der Waals surface area contributed by atoms with Gasteiger partial charge in [-0.2, -0.15) is 0 Å². The standard InChI is InChI=1S/C21H27NO13/c1-8(23)22-21-13-6-14(31-10(3)25)34-15(13)20(29,7-30-9(2)24)16(17(21)32-11(4)26)35-19(28)18(21)33-12(5)27/h13-18,29H,6-7H2,1-5H3,(H,22,23)/t13?,14-,15?,16?,17?,18-,20?,21?/m1/s1. The lowest BCUT2D eigenvalue weighted by atomic mass is 9.58. The number of amides is 1. The fourth-order valence-corrected chi connectivity index (χ4v) is 5.16. The van der Waals surface area contributed by atoms with Gasteiger partial charge in [0.1, 0.15) is 18.2 Å². The van der Waals surface area contributed by atoms with Crippen molar-refractivity contribution in [2.75, 3.05) is 6.61 Å². The Labute approximate surface area is 199 Å². The number of hydrogen-bond acceptors (Lipinski definition) is 13. The van der Waals surface area contributed by atoms with E-state index in [2.05, 4.69) is 5.32 Å². The van der Waals surface area contributed by atoms with Gasteiger partial charge in [0.15, 0.2) is 17.8 Å². The van der Waals surface area contributed by atoms with Crippen molar-refractivity contribution in [2.24, 2.45) is 5.92 Å². The molecular formula is C21H27NO13. The van der Waals surface area contributed by atoms with Crippen LogP contribution in [0.4, 0.5) is 0 Å². The molecule has 1 saturated carbocycles. The molecule has 0 radical (unpaired) electrons. The van der Waals surface area contributed by atoms with Crippen molar-refractivity contribution in [3.63, 3.8) is 0 Å². The molecule has 2 bridgehead atoms. The Morgan fingerprint density at radius 1 is 0.943 bits per heavy atom. The number of carbonyl (C=O) groups excluding carboxylic acids is 6. The van der Waals surface area contributed by atoms with Crippen LogP contribution < -0.4 is 5.32 Å². The highest BCUT2D eigenvalue weighted by Gasteiger charge is 2.78. The van der Waals surface area contributed by atoms with E-state index in [0.29, 0.717) is 0 Å². The van der Waals surface area contributed by atoms with Crippen molar-refractivity contribution in [1.82, 2.24) is 5.32 Å². The van der Waals surface area contributed by atoms with Gasteiger partial charge in [-0.15, -0.1) is 0 Å². The zero-order chi connectivity index (χ0) is 26.3. The van der Waals surface area contributed by atoms with Gasteiger partial charge in [0.25, 0.3) is 0 Å². The molecule has 14 heteroatoms. The Morgan fingerprint density at radius 3 is 2.06 bits per heavy atom. The molecular weight excluding hydrogens is 474 g/mol. The van der Waals surface area contributed by atoms with Crippen LogP contribution in [-0.2, 0) is 57.2 Å². The topological polar surface area (TPSA) is 190 Å². The Morgan fingerprint density at radius 2 is 1.54 bits per heavy atom. The molecule has 6 unspecified atom stereocenters. The maximum atomic E-state index is 13.1. The summed E-state index contributed by atoms with van der Waals surface area (Å²) in [4.78, 5) is 72.7. The van der Waals surface area contributed by atoms with Crippen LogP contribution in [0.3, 0.4) is 0 Å². The van der Waals surface area contributed by atoms with Gasteiger partial charge < -0.3 is 38.8 Å². The predicted octanol–water partition coefficient (Wildman–Crippen LogP) is -1.75. The summed E-state index contributed by atoms with van der Waals surface area (Å²) in [5, 5.41) is 14.3. The van der Waals surface area contributed by atoms with Crippen LogP contribution in [0, 0.1) is 5.92 Å². The Hall–Kier alpha value is -3.26. The summed E-state index contributed by atoms with van der Waals surface area (Å²) in [5.74, 6) is -6.32. The second-order valence-corrected chi connectivity index (χ2v) is 8.70. The fourth-order valence-electron chi connectivity index (χ4n) is 5.16. The van der Waals surface area contributed by atoms with Crippen molar-refractivity contribution >= 4 is 35.8 Å². The van der Waals surface area contributed by atoms with Gasteiger partial charge in [0.05, 0.1) is 0 Å². The van der Waals surface area contributed by atoms with E-state index in [1.54, 1.807) is 0 Å². The molecule has 194 valence electrons. The maximum absolute atomic E-state index is 13.1. The molecule has 3 aliphatic rings. The largest absolute Gasteiger partial charge is 0.463 e. The third-order valence-corrected chi connectivity index (χ3v) is 6.12. The van der Waals surface area contributed by atoms with Crippen molar-refractivity contribution in [2.45, 2.75) is 82.9 Å². The van der Waals surface area contributed by atoms with Gasteiger partial charge in [0.2, 0.25) is 18.3 Å². The van der Waals surface area contributed by atoms with E-state index in [1.807, 2.05) is 0 Å². The van der Waals surface area contributed by atoms with Gasteiger partial charge in [-0.1, -0.05) is 0 Å². The van der Waals surface area contributed by atoms with Crippen LogP contribution >= 0.6 is 0 Å². The van der Waals surface area contributed by atoms with E-state index in [0.717, 1.165) is 34.6 Å². The molecule has 0 spiro atoms. The van der Waals surface area contributed by atoms with E-state index < -0.39 is 90.1 Å². The quantitative estimate of drug-likeness (QED) is 0.308. The highest BCUT2D eigenvalue weighted by molar-refractivity contribution is 5.85. The molecule has 3 fully saturated rings. The molecule has 2 aliphatic heterocycles. The van der Waals surface area contributed by atoms with E-state index in [9.17, 15) is 33.9 Å². The van der Waals surface area contributed by atoms with Gasteiger partial charge in [0, 0.05) is 47.0 Å². The number of fused-ring (bicyclic) bond motifs is 4. The van der Waals surface area contributed by atoms with Gasteiger partial charge >= 0.3 is 29.8 Å². The SMILES string of the molecule is CC(=O)NC12C3C[C@H](OC(C)=O)OC3C(O)(COC(C)=O)C(OC(=O)[C@H]1OC(C)=O)C2OC(C)=O. The van der Waals surface area contributed by atoms with E-state index >= 15 is 0 Å². The highest BCUT2D eigenvalue weighted by atomic mass is 16.7. The summed E-state index contributed by atoms with van der Waals surface area (Å²) in [6.45, 7) is 4.62. The first kappa shape index (κ1) is 26.3. The zero-order valence-electron chi connectivity index (χ0n) is 19.7. The molecule has 35 heavy (non-hydrogen) atoms. The minimum Gasteiger partial charge on any atom is -0.463 e. The number of hydrogen-bond donors (Lipinski definition) is 2. The summed E-state index contributed by atoms with van der Waals surface area (Å²) >= 11 is 0. The molecule has 8 atom stereocenters. The number of rotatable bonds is 6. The van der Waals surface area contributed by atoms with Crippen molar-refractivity contribution < 1.29 is 62.3 Å². The maximum Gasteiger partial charge on any atom is 0.350 e. The molecule has 0 aromatic carbocycles. The van der Waals surface area contributed by atoms with Crippen LogP contribution in [0.25, 0.3) is 0 Å². The van der Waals surface area contributed by atoms with Crippen LogP contribution in [0.15, 0.2) is 0 Å². The first-order chi connectivity index (χ1) is 16.2.